The Labute approximate surface area is 394 Å². The van der Waals surface area contributed by atoms with Crippen LogP contribution in [-0.2, 0) is 27.8 Å². The number of carboxylic acids is 1. The standard InChI is InChI=1S/C49H54ClN7O7S2/c1-31-27-35(13-16-42(31)66(60,61)57-19-6-7-20-57)47-51-18-17-36(53-47)30-63-38-12-5-4-9-34(38)28-40(49(58)59)64-48-44-41(65-54-48)29-52-46(33-10-8-11-33)43(44)37-14-15-39(45(50)32(37)2)62-26-25-56-23-21-55(3)22-24-56/h4-5,9,12-18,27,29,33,40H,6-8,10-11,19-26,28,30H2,1-3H3,(H,58,59)/t40-/m1/s1. The van der Waals surface area contributed by atoms with Crippen molar-refractivity contribution in [2.45, 2.75) is 75.9 Å². The lowest BCUT2D eigenvalue weighted by molar-refractivity contribution is -0.145. The van der Waals surface area contributed by atoms with E-state index in [2.05, 4.69) is 21.8 Å². The fourth-order valence-electron chi connectivity index (χ4n) is 8.91. The third-order valence-corrected chi connectivity index (χ3v) is 16.3. The molecule has 0 radical (unpaired) electrons. The van der Waals surface area contributed by atoms with Crippen LogP contribution in [0.4, 0.5) is 0 Å². The summed E-state index contributed by atoms with van der Waals surface area (Å²) in [6.45, 7) is 10.3. The number of piperazine rings is 1. The van der Waals surface area contributed by atoms with Gasteiger partial charge in [0.2, 0.25) is 22.0 Å². The number of carboxylic acid groups (broad SMARTS) is 1. The lowest BCUT2D eigenvalue weighted by Gasteiger charge is -2.32. The van der Waals surface area contributed by atoms with Gasteiger partial charge in [-0.2, -0.15) is 8.68 Å². The smallest absolute Gasteiger partial charge is 0.345 e. The summed E-state index contributed by atoms with van der Waals surface area (Å²) in [4.78, 5) is 32.2. The van der Waals surface area contributed by atoms with Crippen molar-refractivity contribution in [3.63, 3.8) is 0 Å². The van der Waals surface area contributed by atoms with Gasteiger partial charge >= 0.3 is 5.97 Å². The third-order valence-electron chi connectivity index (χ3n) is 13.0. The molecule has 3 aliphatic rings. The van der Waals surface area contributed by atoms with Crippen LogP contribution in [0.15, 0.2) is 78.0 Å². The number of para-hydroxylation sites is 1. The number of carbonyl (C=O) groups is 1. The van der Waals surface area contributed by atoms with Gasteiger partial charge in [-0.15, -0.1) is 0 Å². The molecule has 346 valence electrons. The lowest BCUT2D eigenvalue weighted by atomic mass is 9.79. The number of halogens is 1. The minimum atomic E-state index is -3.58. The zero-order valence-corrected chi connectivity index (χ0v) is 39.8. The Balaban J connectivity index is 0.932. The molecule has 6 aromatic rings. The van der Waals surface area contributed by atoms with E-state index in [1.807, 2.05) is 43.5 Å². The highest BCUT2D eigenvalue weighted by molar-refractivity contribution is 7.89. The molecule has 3 aromatic carbocycles. The van der Waals surface area contributed by atoms with Gasteiger partial charge in [0.05, 0.1) is 31.4 Å². The second-order valence-corrected chi connectivity index (χ2v) is 20.5. The highest BCUT2D eigenvalue weighted by Crippen LogP contribution is 2.48. The molecule has 2 aliphatic heterocycles. The molecule has 5 heterocycles. The number of likely N-dealkylation sites (N-methyl/N-ethyl adjacent to an activating group) is 1. The Morgan fingerprint density at radius 3 is 2.47 bits per heavy atom. The average molecular weight is 953 g/mol. The van der Waals surface area contributed by atoms with Crippen molar-refractivity contribution in [3.05, 3.63) is 106 Å². The van der Waals surface area contributed by atoms with Crippen LogP contribution in [0.1, 0.15) is 66.1 Å². The maximum absolute atomic E-state index is 13.3. The number of rotatable bonds is 17. The van der Waals surface area contributed by atoms with Crippen molar-refractivity contribution in [2.24, 2.45) is 0 Å². The molecule has 1 aliphatic carbocycles. The largest absolute Gasteiger partial charge is 0.491 e. The summed E-state index contributed by atoms with van der Waals surface area (Å²) in [5.41, 5.74) is 6.04. The van der Waals surface area contributed by atoms with E-state index >= 15 is 0 Å². The number of aryl methyl sites for hydroxylation is 1. The summed E-state index contributed by atoms with van der Waals surface area (Å²) >= 11 is 8.30. The zero-order chi connectivity index (χ0) is 46.0. The van der Waals surface area contributed by atoms with Gasteiger partial charge in [-0.3, -0.25) is 9.88 Å². The van der Waals surface area contributed by atoms with E-state index in [0.717, 1.165) is 91.9 Å². The molecule has 0 amide bonds. The number of nitrogens with zero attached hydrogens (tertiary/aromatic N) is 7. The van der Waals surface area contributed by atoms with Gasteiger partial charge in [0.15, 0.2) is 5.82 Å². The van der Waals surface area contributed by atoms with Crippen molar-refractivity contribution in [3.8, 4) is 39.9 Å². The molecule has 0 bridgehead atoms. The second-order valence-electron chi connectivity index (χ2n) is 17.4. The van der Waals surface area contributed by atoms with Gasteiger partial charge in [0, 0.05) is 81.7 Å². The number of aromatic nitrogens is 4. The molecule has 1 saturated carbocycles. The first-order valence-electron chi connectivity index (χ1n) is 22.6. The maximum atomic E-state index is 13.3. The fourth-order valence-corrected chi connectivity index (χ4v) is 11.5. The van der Waals surface area contributed by atoms with Gasteiger partial charge in [0.25, 0.3) is 0 Å². The Bertz CT molecular complexity index is 2840. The Morgan fingerprint density at radius 2 is 1.73 bits per heavy atom. The fraction of sp³-hybridized carbons (Fsp3) is 0.408. The van der Waals surface area contributed by atoms with Crippen LogP contribution in [0.25, 0.3) is 32.6 Å². The number of pyridine rings is 1. The lowest BCUT2D eigenvalue weighted by Crippen LogP contribution is -2.45. The number of sulfonamides is 1. The summed E-state index contributed by atoms with van der Waals surface area (Å²) in [7, 11) is -1.43. The molecule has 14 nitrogen and oxygen atoms in total. The topological polar surface area (TPSA) is 160 Å². The Kier molecular flexibility index (Phi) is 13.9. The SMILES string of the molecule is Cc1cc(-c2nccc(COc3ccccc3C[C@@H](Oc3nsc4cnc(C5CCC5)c(-c5ccc(OCCN6CCN(C)CC6)c(Cl)c5C)c34)C(=O)O)n2)ccc1S(=O)(=O)N1CCCC1. The summed E-state index contributed by atoms with van der Waals surface area (Å²) < 4.78 is 52.5. The first-order chi connectivity index (χ1) is 31.9. The summed E-state index contributed by atoms with van der Waals surface area (Å²) in [6.07, 6.45) is 6.98. The minimum absolute atomic E-state index is 0.00751. The summed E-state index contributed by atoms with van der Waals surface area (Å²) in [6, 6.07) is 18.1. The Hall–Kier alpha value is -5.23. The number of benzene rings is 3. The van der Waals surface area contributed by atoms with Crippen molar-refractivity contribution >= 4 is 49.2 Å². The van der Waals surface area contributed by atoms with E-state index in [4.69, 9.17) is 40.2 Å². The van der Waals surface area contributed by atoms with Crippen LogP contribution >= 0.6 is 23.1 Å². The molecule has 3 fully saturated rings. The van der Waals surface area contributed by atoms with Gasteiger partial charge in [-0.05, 0) is 117 Å². The highest BCUT2D eigenvalue weighted by Gasteiger charge is 2.32. The first-order valence-corrected chi connectivity index (χ1v) is 25.2. The van der Waals surface area contributed by atoms with E-state index in [1.165, 1.54) is 15.8 Å². The number of ether oxygens (including phenoxy) is 3. The number of aliphatic carboxylic acids is 1. The van der Waals surface area contributed by atoms with Gasteiger partial charge < -0.3 is 24.2 Å². The normalized spacial score (nSPS) is 16.9. The molecule has 17 heteroatoms. The second kappa shape index (κ2) is 19.9. The molecule has 2 saturated heterocycles. The van der Waals surface area contributed by atoms with Crippen molar-refractivity contribution in [1.82, 2.24) is 33.4 Å². The van der Waals surface area contributed by atoms with E-state index in [9.17, 15) is 18.3 Å². The predicted octanol–water partition coefficient (Wildman–Crippen LogP) is 8.42. The van der Waals surface area contributed by atoms with Gasteiger partial charge in [-0.1, -0.05) is 42.3 Å². The average Bonchev–Trinajstić information content (AvgIpc) is 4.00. The van der Waals surface area contributed by atoms with Crippen molar-refractivity contribution in [1.29, 1.82) is 0 Å². The number of hydrogen-bond donors (Lipinski definition) is 1. The van der Waals surface area contributed by atoms with E-state index in [1.54, 1.807) is 43.5 Å². The predicted molar refractivity (Wildman–Crippen MR) is 255 cm³/mol. The van der Waals surface area contributed by atoms with Crippen LogP contribution in [0, 0.1) is 13.8 Å². The zero-order valence-electron chi connectivity index (χ0n) is 37.4. The molecule has 9 rings (SSSR count). The molecule has 66 heavy (non-hydrogen) atoms. The van der Waals surface area contributed by atoms with Crippen molar-refractivity contribution in [2.75, 3.05) is 59.5 Å². The molecular formula is C49H54ClN7O7S2. The van der Waals surface area contributed by atoms with Crippen LogP contribution < -0.4 is 14.2 Å². The summed E-state index contributed by atoms with van der Waals surface area (Å²) in [5, 5.41) is 11.9. The molecular weight excluding hydrogens is 898 g/mol. The van der Waals surface area contributed by atoms with Crippen LogP contribution in [-0.4, -0.2) is 118 Å². The van der Waals surface area contributed by atoms with Crippen LogP contribution in [0.2, 0.25) is 5.02 Å². The molecule has 3 aromatic heterocycles. The van der Waals surface area contributed by atoms with E-state index in [0.29, 0.717) is 69.8 Å². The monoisotopic (exact) mass is 951 g/mol. The van der Waals surface area contributed by atoms with E-state index in [-0.39, 0.29) is 29.7 Å². The van der Waals surface area contributed by atoms with E-state index < -0.39 is 22.1 Å². The molecule has 1 N–H and O–H groups in total. The van der Waals surface area contributed by atoms with Crippen molar-refractivity contribution < 1.29 is 32.5 Å². The Morgan fingerprint density at radius 1 is 0.939 bits per heavy atom. The molecule has 0 unspecified atom stereocenters. The minimum Gasteiger partial charge on any atom is -0.491 e. The third kappa shape index (κ3) is 9.76. The van der Waals surface area contributed by atoms with Crippen LogP contribution in [0.5, 0.6) is 17.4 Å². The van der Waals surface area contributed by atoms with Gasteiger partial charge in [-0.25, -0.2) is 23.2 Å². The highest BCUT2D eigenvalue weighted by atomic mass is 35.5. The van der Waals surface area contributed by atoms with Crippen LogP contribution in [0.3, 0.4) is 0 Å². The number of hydrogen-bond acceptors (Lipinski definition) is 13. The maximum Gasteiger partial charge on any atom is 0.345 e. The molecule has 0 spiro atoms. The first kappa shape index (κ1) is 45.9. The van der Waals surface area contributed by atoms with Gasteiger partial charge in [0.1, 0.15) is 24.7 Å². The molecule has 1 atom stereocenters. The number of fused-ring (bicyclic) bond motifs is 1. The summed E-state index contributed by atoms with van der Waals surface area (Å²) in [5.74, 6) is 0.863. The quantitative estimate of drug-likeness (QED) is 0.0929.